The summed E-state index contributed by atoms with van der Waals surface area (Å²) in [4.78, 5) is 1.07. The van der Waals surface area contributed by atoms with E-state index in [2.05, 4.69) is 5.32 Å². The van der Waals surface area contributed by atoms with Gasteiger partial charge in [0, 0.05) is 10.6 Å². The Bertz CT molecular complexity index is 578. The Balaban J connectivity index is 3.33. The second-order valence-corrected chi connectivity index (χ2v) is 10.5. The molecule has 1 aromatic carbocycles. The SMILES string of the molecule is CCOP(=O)(OCC)C(Nc1ccc(SC)cc1)P(=O)(OCC)OCC. The highest BCUT2D eigenvalue weighted by Crippen LogP contribution is 2.70. The Morgan fingerprint density at radius 2 is 1.23 bits per heavy atom. The normalized spacial score (nSPS) is 12.5. The zero-order valence-electron chi connectivity index (χ0n) is 16.0. The van der Waals surface area contributed by atoms with Crippen LogP contribution in [0.1, 0.15) is 27.7 Å². The van der Waals surface area contributed by atoms with E-state index in [9.17, 15) is 9.13 Å². The predicted octanol–water partition coefficient (Wildman–Crippen LogP) is 5.64. The molecule has 0 fully saturated rings. The molecule has 0 aliphatic carbocycles. The molecule has 0 saturated carbocycles. The van der Waals surface area contributed by atoms with Crippen LogP contribution >= 0.6 is 27.0 Å². The van der Waals surface area contributed by atoms with Crippen molar-refractivity contribution in [2.24, 2.45) is 0 Å². The topological polar surface area (TPSA) is 83.1 Å². The van der Waals surface area contributed by atoms with Crippen LogP contribution < -0.4 is 5.32 Å². The molecule has 10 heteroatoms. The highest BCUT2D eigenvalue weighted by molar-refractivity contribution is 7.98. The lowest BCUT2D eigenvalue weighted by molar-refractivity contribution is 0.198. The minimum absolute atomic E-state index is 0.138. The average molecular weight is 425 g/mol. The molecule has 0 atom stereocenters. The second kappa shape index (κ2) is 11.5. The molecule has 150 valence electrons. The molecule has 0 radical (unpaired) electrons. The van der Waals surface area contributed by atoms with Crippen molar-refractivity contribution in [2.75, 3.05) is 38.0 Å². The summed E-state index contributed by atoms with van der Waals surface area (Å²) in [7, 11) is -7.65. The molecule has 0 aliphatic rings. The molecule has 0 aliphatic heterocycles. The largest absolute Gasteiger partial charge is 0.365 e. The zero-order valence-corrected chi connectivity index (χ0v) is 18.6. The maximum absolute atomic E-state index is 13.4. The van der Waals surface area contributed by atoms with Crippen LogP contribution in [0.25, 0.3) is 0 Å². The standard InChI is InChI=1S/C16H29NO6P2S/c1-6-20-24(18,21-7-2)16(25(19,22-8-3)23-9-4)17-14-10-12-15(26-5)13-11-14/h10-13,16-17H,6-9H2,1-5H3. The Labute approximate surface area is 160 Å². The Kier molecular flexibility index (Phi) is 10.5. The minimum atomic E-state index is -3.82. The van der Waals surface area contributed by atoms with E-state index >= 15 is 0 Å². The van der Waals surface area contributed by atoms with Gasteiger partial charge >= 0.3 is 15.2 Å². The van der Waals surface area contributed by atoms with Gasteiger partial charge < -0.3 is 23.4 Å². The second-order valence-electron chi connectivity index (χ2n) is 5.00. The summed E-state index contributed by atoms with van der Waals surface area (Å²) in [5.74, 6) is 0. The summed E-state index contributed by atoms with van der Waals surface area (Å²) in [5.41, 5.74) is -0.651. The summed E-state index contributed by atoms with van der Waals surface area (Å²) in [6, 6.07) is 7.43. The first-order chi connectivity index (χ1) is 12.4. The van der Waals surface area contributed by atoms with Gasteiger partial charge in [-0.25, -0.2) is 0 Å². The molecule has 7 nitrogen and oxygen atoms in total. The van der Waals surface area contributed by atoms with Crippen molar-refractivity contribution >= 4 is 32.6 Å². The van der Waals surface area contributed by atoms with Gasteiger partial charge in [0.2, 0.25) is 5.52 Å². The van der Waals surface area contributed by atoms with Crippen LogP contribution in [0.15, 0.2) is 29.2 Å². The van der Waals surface area contributed by atoms with E-state index in [-0.39, 0.29) is 26.4 Å². The van der Waals surface area contributed by atoms with Crippen LogP contribution in [-0.2, 0) is 27.2 Å². The van der Waals surface area contributed by atoms with Gasteiger partial charge in [-0.3, -0.25) is 9.13 Å². The van der Waals surface area contributed by atoms with E-state index in [0.29, 0.717) is 5.69 Å². The first-order valence-corrected chi connectivity index (χ1v) is 13.0. The molecule has 0 spiro atoms. The minimum Gasteiger partial charge on any atom is -0.362 e. The highest BCUT2D eigenvalue weighted by Gasteiger charge is 2.51. The Morgan fingerprint density at radius 1 is 0.846 bits per heavy atom. The maximum Gasteiger partial charge on any atom is 0.365 e. The van der Waals surface area contributed by atoms with Gasteiger partial charge in [-0.1, -0.05) is 0 Å². The molecule has 0 amide bonds. The van der Waals surface area contributed by atoms with Crippen molar-refractivity contribution in [1.82, 2.24) is 0 Å². The van der Waals surface area contributed by atoms with Gasteiger partial charge in [-0.2, -0.15) is 0 Å². The molecule has 0 heterocycles. The summed E-state index contributed by atoms with van der Waals surface area (Å²) in [6.45, 7) is 7.34. The smallest absolute Gasteiger partial charge is 0.362 e. The lowest BCUT2D eigenvalue weighted by Gasteiger charge is -2.32. The third-order valence-corrected chi connectivity index (χ3v) is 9.59. The van der Waals surface area contributed by atoms with E-state index < -0.39 is 20.7 Å². The van der Waals surface area contributed by atoms with Crippen LogP contribution in [0.3, 0.4) is 0 Å². The van der Waals surface area contributed by atoms with Gasteiger partial charge in [-0.15, -0.1) is 11.8 Å². The van der Waals surface area contributed by atoms with Crippen LogP contribution in [0.5, 0.6) is 0 Å². The number of nitrogens with one attached hydrogen (secondary N) is 1. The molecule has 0 unspecified atom stereocenters. The molecular formula is C16H29NO6P2S. The van der Waals surface area contributed by atoms with Gasteiger partial charge in [-0.05, 0) is 58.2 Å². The van der Waals surface area contributed by atoms with Gasteiger partial charge in [0.15, 0.2) is 0 Å². The van der Waals surface area contributed by atoms with Crippen molar-refractivity contribution in [1.29, 1.82) is 0 Å². The quantitative estimate of drug-likeness (QED) is 0.321. The predicted molar refractivity (Wildman–Crippen MR) is 107 cm³/mol. The van der Waals surface area contributed by atoms with E-state index in [1.165, 1.54) is 0 Å². The number of hydrogen-bond donors (Lipinski definition) is 1. The van der Waals surface area contributed by atoms with E-state index in [1.54, 1.807) is 39.5 Å². The number of anilines is 1. The number of benzene rings is 1. The molecular weight excluding hydrogens is 396 g/mol. The van der Waals surface area contributed by atoms with Crippen LogP contribution in [0.2, 0.25) is 0 Å². The van der Waals surface area contributed by atoms with Crippen molar-refractivity contribution < 1.29 is 27.2 Å². The molecule has 0 saturated heterocycles. The van der Waals surface area contributed by atoms with Crippen molar-refractivity contribution in [3.8, 4) is 0 Å². The highest BCUT2D eigenvalue weighted by atomic mass is 32.2. The van der Waals surface area contributed by atoms with Gasteiger partial charge in [0.1, 0.15) is 0 Å². The summed E-state index contributed by atoms with van der Waals surface area (Å²) in [6.07, 6.45) is 1.97. The molecule has 1 aromatic rings. The molecule has 0 aromatic heterocycles. The lowest BCUT2D eigenvalue weighted by atomic mass is 10.3. The lowest BCUT2D eigenvalue weighted by Crippen LogP contribution is -2.25. The number of hydrogen-bond acceptors (Lipinski definition) is 8. The number of thioether (sulfide) groups is 1. The van der Waals surface area contributed by atoms with Crippen molar-refractivity contribution in [2.45, 2.75) is 38.1 Å². The Morgan fingerprint density at radius 3 is 1.54 bits per heavy atom. The maximum atomic E-state index is 13.4. The van der Waals surface area contributed by atoms with E-state index in [4.69, 9.17) is 18.1 Å². The first-order valence-electron chi connectivity index (χ1n) is 8.57. The van der Waals surface area contributed by atoms with Crippen LogP contribution in [0, 0.1) is 0 Å². The molecule has 1 N–H and O–H groups in total. The monoisotopic (exact) mass is 425 g/mol. The van der Waals surface area contributed by atoms with E-state index in [1.807, 2.05) is 30.5 Å². The van der Waals surface area contributed by atoms with Gasteiger partial charge in [0.25, 0.3) is 0 Å². The molecule has 0 bridgehead atoms. The van der Waals surface area contributed by atoms with E-state index in [0.717, 1.165) is 4.90 Å². The Hall–Kier alpha value is -0.330. The third-order valence-electron chi connectivity index (χ3n) is 3.22. The third kappa shape index (κ3) is 6.38. The fraction of sp³-hybridized carbons (Fsp3) is 0.625. The van der Waals surface area contributed by atoms with Gasteiger partial charge in [0.05, 0.1) is 26.4 Å². The zero-order chi connectivity index (χ0) is 19.6. The van der Waals surface area contributed by atoms with Crippen LogP contribution in [0.4, 0.5) is 5.69 Å². The summed E-state index contributed by atoms with van der Waals surface area (Å²) >= 11 is 1.60. The summed E-state index contributed by atoms with van der Waals surface area (Å²) < 4.78 is 48.5. The fourth-order valence-electron chi connectivity index (χ4n) is 2.24. The molecule has 26 heavy (non-hydrogen) atoms. The average Bonchev–Trinajstić information content (AvgIpc) is 2.61. The molecule has 1 rings (SSSR count). The number of rotatable bonds is 13. The van der Waals surface area contributed by atoms with Crippen molar-refractivity contribution in [3.05, 3.63) is 24.3 Å². The van der Waals surface area contributed by atoms with Crippen LogP contribution in [-0.4, -0.2) is 38.2 Å². The fourth-order valence-corrected chi connectivity index (χ4v) is 7.61. The first kappa shape index (κ1) is 23.7. The summed E-state index contributed by atoms with van der Waals surface area (Å²) in [5, 5.41) is 3.02. The van der Waals surface area contributed by atoms with Crippen molar-refractivity contribution in [3.63, 3.8) is 0 Å².